The lowest BCUT2D eigenvalue weighted by Crippen LogP contribution is -2.27. The van der Waals surface area contributed by atoms with Crippen LogP contribution >= 0.6 is 0 Å². The molecular weight excluding hydrogens is 178 g/mol. The van der Waals surface area contributed by atoms with Crippen molar-refractivity contribution in [2.45, 2.75) is 31.9 Å². The van der Waals surface area contributed by atoms with Crippen molar-refractivity contribution in [3.63, 3.8) is 0 Å². The first-order valence-electron chi connectivity index (χ1n) is 5.20. The van der Waals surface area contributed by atoms with Crippen molar-refractivity contribution in [1.82, 2.24) is 15.1 Å². The molecule has 0 radical (unpaired) electrons. The first kappa shape index (κ1) is 9.68. The Morgan fingerprint density at radius 1 is 1.71 bits per heavy atom. The molecule has 1 fully saturated rings. The fourth-order valence-corrected chi connectivity index (χ4v) is 1.88. The normalized spacial score (nSPS) is 27.0. The van der Waals surface area contributed by atoms with Gasteiger partial charge in [-0.1, -0.05) is 6.92 Å². The van der Waals surface area contributed by atoms with Crippen molar-refractivity contribution < 1.29 is 5.11 Å². The Kier molecular flexibility index (Phi) is 2.56. The van der Waals surface area contributed by atoms with Crippen molar-refractivity contribution in [2.75, 3.05) is 13.1 Å². The van der Waals surface area contributed by atoms with E-state index in [-0.39, 0.29) is 0 Å². The van der Waals surface area contributed by atoms with Crippen LogP contribution in [0.3, 0.4) is 0 Å². The van der Waals surface area contributed by atoms with Crippen molar-refractivity contribution >= 4 is 0 Å². The van der Waals surface area contributed by atoms with E-state index < -0.39 is 5.60 Å². The van der Waals surface area contributed by atoms with Crippen LogP contribution in [0.5, 0.6) is 0 Å². The van der Waals surface area contributed by atoms with Crippen molar-refractivity contribution in [3.8, 4) is 0 Å². The number of aromatic nitrogens is 2. The first-order valence-corrected chi connectivity index (χ1v) is 5.20. The fourth-order valence-electron chi connectivity index (χ4n) is 1.88. The highest BCUT2D eigenvalue weighted by molar-refractivity contribution is 5.17. The predicted octanol–water partition coefficient (Wildman–Crippen LogP) is 0.474. The molecule has 4 nitrogen and oxygen atoms in total. The second kappa shape index (κ2) is 3.71. The second-order valence-corrected chi connectivity index (χ2v) is 3.95. The van der Waals surface area contributed by atoms with Gasteiger partial charge in [0, 0.05) is 24.8 Å². The summed E-state index contributed by atoms with van der Waals surface area (Å²) in [6.07, 6.45) is 5.59. The van der Waals surface area contributed by atoms with E-state index in [4.69, 9.17) is 0 Å². The Bertz CT molecular complexity index is 302. The molecule has 0 aliphatic carbocycles. The average Bonchev–Trinajstić information content (AvgIpc) is 2.75. The lowest BCUT2D eigenvalue weighted by Gasteiger charge is -2.18. The molecule has 2 N–H and O–H groups in total. The van der Waals surface area contributed by atoms with Crippen molar-refractivity contribution in [1.29, 1.82) is 0 Å². The molecule has 1 aliphatic rings. The van der Waals surface area contributed by atoms with E-state index in [0.29, 0.717) is 6.54 Å². The molecule has 4 heteroatoms. The van der Waals surface area contributed by atoms with Crippen molar-refractivity contribution in [3.05, 3.63) is 18.0 Å². The maximum absolute atomic E-state index is 10.2. The summed E-state index contributed by atoms with van der Waals surface area (Å²) in [6, 6.07) is 0. The summed E-state index contributed by atoms with van der Waals surface area (Å²) in [7, 11) is 0. The Morgan fingerprint density at radius 2 is 2.57 bits per heavy atom. The Balaban J connectivity index is 2.15. The summed E-state index contributed by atoms with van der Waals surface area (Å²) in [5, 5.41) is 17.6. The summed E-state index contributed by atoms with van der Waals surface area (Å²) < 4.78 is 1.89. The van der Waals surface area contributed by atoms with Crippen LogP contribution in [0, 0.1) is 0 Å². The van der Waals surface area contributed by atoms with Crippen LogP contribution in [-0.4, -0.2) is 28.0 Å². The molecule has 1 aromatic heterocycles. The zero-order chi connectivity index (χ0) is 10.0. The molecule has 0 spiro atoms. The van der Waals surface area contributed by atoms with Crippen LogP contribution in [0.25, 0.3) is 0 Å². The molecule has 1 aliphatic heterocycles. The third kappa shape index (κ3) is 1.67. The van der Waals surface area contributed by atoms with Crippen LogP contribution in [0.2, 0.25) is 0 Å². The maximum atomic E-state index is 10.2. The lowest BCUT2D eigenvalue weighted by atomic mass is 9.96. The monoisotopic (exact) mass is 195 g/mol. The van der Waals surface area contributed by atoms with E-state index >= 15 is 0 Å². The van der Waals surface area contributed by atoms with E-state index in [1.807, 2.05) is 10.9 Å². The molecule has 1 unspecified atom stereocenters. The number of rotatable bonds is 3. The molecule has 1 aromatic rings. The average molecular weight is 195 g/mol. The van der Waals surface area contributed by atoms with Crippen LogP contribution in [0.15, 0.2) is 12.4 Å². The topological polar surface area (TPSA) is 50.1 Å². The number of aliphatic hydroxyl groups is 1. The van der Waals surface area contributed by atoms with Gasteiger partial charge in [-0.25, -0.2) is 0 Å². The molecule has 0 aromatic carbocycles. The van der Waals surface area contributed by atoms with Gasteiger partial charge in [-0.3, -0.25) is 4.68 Å². The van der Waals surface area contributed by atoms with Crippen molar-refractivity contribution in [2.24, 2.45) is 0 Å². The predicted molar refractivity (Wildman–Crippen MR) is 53.9 cm³/mol. The van der Waals surface area contributed by atoms with Gasteiger partial charge < -0.3 is 10.4 Å². The summed E-state index contributed by atoms with van der Waals surface area (Å²) in [5.41, 5.74) is 0.252. The minimum absolute atomic E-state index is 0.644. The molecule has 0 bridgehead atoms. The van der Waals surface area contributed by atoms with E-state index in [1.54, 1.807) is 6.20 Å². The molecule has 2 rings (SSSR count). The van der Waals surface area contributed by atoms with Gasteiger partial charge in [0.05, 0.1) is 6.20 Å². The fraction of sp³-hybridized carbons (Fsp3) is 0.700. The standard InChI is InChI=1S/C10H17N3O/c1-2-5-13-7-9(6-12-13)10(14)3-4-11-8-10/h6-7,11,14H,2-5,8H2,1H3. The Morgan fingerprint density at radius 3 is 3.21 bits per heavy atom. The summed E-state index contributed by atoms with van der Waals surface area (Å²) in [6.45, 7) is 4.57. The van der Waals surface area contributed by atoms with Gasteiger partial charge in [0.25, 0.3) is 0 Å². The molecule has 0 saturated carbocycles. The highest BCUT2D eigenvalue weighted by atomic mass is 16.3. The van der Waals surface area contributed by atoms with Gasteiger partial charge in [-0.05, 0) is 19.4 Å². The smallest absolute Gasteiger partial charge is 0.106 e. The Hall–Kier alpha value is -0.870. The zero-order valence-corrected chi connectivity index (χ0v) is 8.53. The minimum Gasteiger partial charge on any atom is -0.384 e. The third-order valence-corrected chi connectivity index (χ3v) is 2.76. The number of aryl methyl sites for hydroxylation is 1. The molecule has 2 heterocycles. The maximum Gasteiger partial charge on any atom is 0.106 e. The van der Waals surface area contributed by atoms with Gasteiger partial charge in [-0.2, -0.15) is 5.10 Å². The molecule has 78 valence electrons. The first-order chi connectivity index (χ1) is 6.74. The highest BCUT2D eigenvalue weighted by Crippen LogP contribution is 2.26. The number of hydrogen-bond donors (Lipinski definition) is 2. The Labute approximate surface area is 83.9 Å². The number of hydrogen-bond acceptors (Lipinski definition) is 3. The summed E-state index contributed by atoms with van der Waals surface area (Å²) in [5.74, 6) is 0. The largest absolute Gasteiger partial charge is 0.384 e. The lowest BCUT2D eigenvalue weighted by molar-refractivity contribution is 0.0586. The molecule has 14 heavy (non-hydrogen) atoms. The molecule has 0 amide bonds. The third-order valence-electron chi connectivity index (χ3n) is 2.76. The number of β-amino-alcohol motifs (C(OH)–C–C–N with tert-alkyl or cyclic N) is 1. The van der Waals surface area contributed by atoms with Crippen LogP contribution in [0.4, 0.5) is 0 Å². The second-order valence-electron chi connectivity index (χ2n) is 3.95. The summed E-state index contributed by atoms with van der Waals surface area (Å²) >= 11 is 0. The molecular formula is C10H17N3O. The quantitative estimate of drug-likeness (QED) is 0.737. The zero-order valence-electron chi connectivity index (χ0n) is 8.53. The number of nitrogens with one attached hydrogen (secondary N) is 1. The summed E-state index contributed by atoms with van der Waals surface area (Å²) in [4.78, 5) is 0. The van der Waals surface area contributed by atoms with Crippen LogP contribution in [0.1, 0.15) is 25.3 Å². The van der Waals surface area contributed by atoms with E-state index in [1.165, 1.54) is 0 Å². The SMILES string of the molecule is CCCn1cc(C2(O)CCNC2)cn1. The van der Waals surface area contributed by atoms with Gasteiger partial charge in [0.2, 0.25) is 0 Å². The van der Waals surface area contributed by atoms with E-state index in [2.05, 4.69) is 17.3 Å². The van der Waals surface area contributed by atoms with Gasteiger partial charge >= 0.3 is 0 Å². The molecule has 1 saturated heterocycles. The number of nitrogens with zero attached hydrogens (tertiary/aromatic N) is 2. The van der Waals surface area contributed by atoms with Gasteiger partial charge in [0.1, 0.15) is 5.60 Å². The van der Waals surface area contributed by atoms with E-state index in [9.17, 15) is 5.11 Å². The highest BCUT2D eigenvalue weighted by Gasteiger charge is 2.33. The van der Waals surface area contributed by atoms with Gasteiger partial charge in [0.15, 0.2) is 0 Å². The minimum atomic E-state index is -0.689. The van der Waals surface area contributed by atoms with Gasteiger partial charge in [-0.15, -0.1) is 0 Å². The van der Waals surface area contributed by atoms with E-state index in [0.717, 1.165) is 31.5 Å². The van der Waals surface area contributed by atoms with Crippen LogP contribution in [-0.2, 0) is 12.1 Å². The molecule has 1 atom stereocenters. The van der Waals surface area contributed by atoms with Crippen LogP contribution < -0.4 is 5.32 Å².